The molecule has 0 unspecified atom stereocenters. The van der Waals surface area contributed by atoms with Crippen molar-refractivity contribution < 1.29 is 48.6 Å². The molecule has 11 heteroatoms. The van der Waals surface area contributed by atoms with Crippen molar-refractivity contribution in [3.8, 4) is 11.4 Å². The zero-order chi connectivity index (χ0) is 33.8. The van der Waals surface area contributed by atoms with Crippen molar-refractivity contribution >= 4 is 22.5 Å². The van der Waals surface area contributed by atoms with Crippen LogP contribution in [-0.2, 0) is 0 Å². The van der Waals surface area contributed by atoms with Gasteiger partial charge < -0.3 is 35.7 Å². The van der Waals surface area contributed by atoms with Crippen LogP contribution in [0.15, 0.2) is 65.6 Å². The number of fused-ring (bicyclic) bond motifs is 4. The van der Waals surface area contributed by atoms with E-state index in [0.717, 1.165) is 60.4 Å². The molecule has 1 amide bonds. The highest BCUT2D eigenvalue weighted by Gasteiger charge is 2.38. The number of hydrogen-bond acceptors (Lipinski definition) is 3. The molecule has 3 aliphatic rings. The minimum atomic E-state index is -0.879. The average Bonchev–Trinajstić information content (AvgIpc) is 3.06. The van der Waals surface area contributed by atoms with E-state index in [-0.39, 0.29) is 51.4 Å². The van der Waals surface area contributed by atoms with Crippen LogP contribution < -0.4 is 32.0 Å². The van der Waals surface area contributed by atoms with Crippen LogP contribution in [0.25, 0.3) is 16.6 Å². The number of piperidine rings is 3. The van der Waals surface area contributed by atoms with Crippen molar-refractivity contribution in [3.05, 3.63) is 99.8 Å². The monoisotopic (exact) mass is 743 g/mol. The van der Waals surface area contributed by atoms with E-state index in [1.807, 2.05) is 0 Å². The van der Waals surface area contributed by atoms with Crippen molar-refractivity contribution in [2.45, 2.75) is 58.3 Å². The van der Waals surface area contributed by atoms with Gasteiger partial charge in [-0.15, -0.1) is 0 Å². The van der Waals surface area contributed by atoms with Crippen molar-refractivity contribution in [1.29, 1.82) is 0 Å². The third kappa shape index (κ3) is 8.37. The van der Waals surface area contributed by atoms with E-state index in [9.17, 15) is 27.2 Å². The molecule has 0 N–H and O–H groups in total. The summed E-state index contributed by atoms with van der Waals surface area (Å²) in [6.45, 7) is 7.44. The molecule has 262 valence electrons. The SMILES string of the molecule is CCN(C(=O)c1cn(-c2cc(F)cc(F)c2)c2cc(OCCCCCCC[N+]34CCC(CC3)CC4)ccc2c1=O)c1cc(F)cc(F)c1.[Br-]. The maximum absolute atomic E-state index is 14.4. The number of aromatic nitrogens is 1. The number of benzene rings is 3. The van der Waals surface area contributed by atoms with E-state index < -0.39 is 34.6 Å². The fourth-order valence-corrected chi connectivity index (χ4v) is 7.47. The third-order valence-corrected chi connectivity index (χ3v) is 10.1. The molecule has 3 fully saturated rings. The van der Waals surface area contributed by atoms with E-state index in [1.54, 1.807) is 19.1 Å². The fourth-order valence-electron chi connectivity index (χ4n) is 7.47. The third-order valence-electron chi connectivity index (χ3n) is 10.1. The van der Waals surface area contributed by atoms with Crippen LogP contribution in [0.1, 0.15) is 68.6 Å². The number of carbonyl (C=O) groups is 1. The highest BCUT2D eigenvalue weighted by molar-refractivity contribution is 6.07. The molecule has 49 heavy (non-hydrogen) atoms. The molecular weight excluding hydrogens is 702 g/mol. The van der Waals surface area contributed by atoms with Crippen LogP contribution in [0.3, 0.4) is 0 Å². The Bertz CT molecular complexity index is 1800. The van der Waals surface area contributed by atoms with Crippen LogP contribution in [-0.4, -0.2) is 54.3 Å². The molecule has 4 aromatic rings. The van der Waals surface area contributed by atoms with Gasteiger partial charge in [0.15, 0.2) is 0 Å². The zero-order valence-electron chi connectivity index (χ0n) is 27.7. The van der Waals surface area contributed by atoms with Gasteiger partial charge >= 0.3 is 0 Å². The zero-order valence-corrected chi connectivity index (χ0v) is 29.3. The van der Waals surface area contributed by atoms with Crippen LogP contribution in [0.5, 0.6) is 5.75 Å². The Labute approximate surface area is 294 Å². The summed E-state index contributed by atoms with van der Waals surface area (Å²) in [5, 5.41) is 0.115. The summed E-state index contributed by atoms with van der Waals surface area (Å²) >= 11 is 0. The molecule has 0 saturated carbocycles. The minimum Gasteiger partial charge on any atom is -1.00 e. The lowest BCUT2D eigenvalue weighted by Crippen LogP contribution is -3.00. The molecular formula is C38H42BrF4N3O3. The molecule has 3 saturated heterocycles. The molecule has 4 heterocycles. The Morgan fingerprint density at radius 1 is 0.837 bits per heavy atom. The van der Waals surface area contributed by atoms with E-state index in [4.69, 9.17) is 4.74 Å². The number of halogens is 5. The van der Waals surface area contributed by atoms with E-state index in [1.165, 1.54) is 79.6 Å². The lowest BCUT2D eigenvalue weighted by atomic mass is 9.85. The number of unbranched alkanes of at least 4 members (excludes halogenated alkanes) is 4. The summed E-state index contributed by atoms with van der Waals surface area (Å²) in [7, 11) is 0. The predicted molar refractivity (Wildman–Crippen MR) is 179 cm³/mol. The maximum atomic E-state index is 14.4. The smallest absolute Gasteiger partial charge is 0.263 e. The number of hydrogen-bond donors (Lipinski definition) is 0. The van der Waals surface area contributed by atoms with Gasteiger partial charge in [0.2, 0.25) is 5.43 Å². The van der Waals surface area contributed by atoms with E-state index in [0.29, 0.717) is 18.4 Å². The van der Waals surface area contributed by atoms with Gasteiger partial charge in [0.25, 0.3) is 5.91 Å². The van der Waals surface area contributed by atoms with Gasteiger partial charge in [0, 0.05) is 42.0 Å². The largest absolute Gasteiger partial charge is 1.00 e. The quantitative estimate of drug-likeness (QED) is 0.108. The summed E-state index contributed by atoms with van der Waals surface area (Å²) in [6, 6.07) is 10.3. The first kappa shape index (κ1) is 36.6. The Balaban J connectivity index is 0.00000468. The first-order valence-electron chi connectivity index (χ1n) is 17.1. The number of quaternary nitrogens is 1. The van der Waals surface area contributed by atoms with E-state index >= 15 is 0 Å². The highest BCUT2D eigenvalue weighted by atomic mass is 79.9. The molecule has 3 aliphatic heterocycles. The van der Waals surface area contributed by atoms with Crippen molar-refractivity contribution in [3.63, 3.8) is 0 Å². The number of amides is 1. The molecule has 0 radical (unpaired) electrons. The van der Waals surface area contributed by atoms with Gasteiger partial charge in [0.1, 0.15) is 34.6 Å². The predicted octanol–water partition coefficient (Wildman–Crippen LogP) is 5.18. The number of anilines is 1. The van der Waals surface area contributed by atoms with Gasteiger partial charge in [0.05, 0.1) is 44.0 Å². The normalized spacial score (nSPS) is 18.3. The number of nitrogens with zero attached hydrogens (tertiary/aromatic N) is 3. The van der Waals surface area contributed by atoms with Gasteiger partial charge in [-0.25, -0.2) is 17.6 Å². The Hall–Kier alpha value is -3.70. The first-order chi connectivity index (χ1) is 23.1. The standard InChI is InChI=1S/C38H42F4N3O3.BrH/c1-2-43(31-20-27(39)18-28(40)21-31)38(47)35-25-44(32-22-29(41)19-30(42)23-32)36-24-33(8-9-34(36)37(35)46)48-17-7-5-3-4-6-13-45-14-10-26(11-15-45)12-16-45;/h8-9,18-26H,2-7,10-17H2,1H3;1H/q+1;/p-1. The summed E-state index contributed by atoms with van der Waals surface area (Å²) in [4.78, 5) is 28.5. The van der Waals surface area contributed by atoms with Gasteiger partial charge in [-0.2, -0.15) is 0 Å². The molecule has 2 bridgehead atoms. The molecule has 6 nitrogen and oxygen atoms in total. The lowest BCUT2D eigenvalue weighted by Gasteiger charge is -2.49. The summed E-state index contributed by atoms with van der Waals surface area (Å²) in [5.74, 6) is -2.80. The number of pyridine rings is 1. The molecule has 7 rings (SSSR count). The van der Waals surface area contributed by atoms with Crippen LogP contribution in [0.2, 0.25) is 0 Å². The lowest BCUT2D eigenvalue weighted by molar-refractivity contribution is -0.942. The van der Waals surface area contributed by atoms with Gasteiger partial charge in [-0.05, 0) is 87.8 Å². The van der Waals surface area contributed by atoms with Gasteiger partial charge in [-0.1, -0.05) is 12.8 Å². The molecule has 3 aromatic carbocycles. The fraction of sp³-hybridized carbons (Fsp3) is 0.421. The van der Waals surface area contributed by atoms with Crippen molar-refractivity contribution in [2.75, 3.05) is 44.2 Å². The average molecular weight is 745 g/mol. The summed E-state index contributed by atoms with van der Waals surface area (Å²) in [6.07, 6.45) is 10.9. The van der Waals surface area contributed by atoms with E-state index in [2.05, 4.69) is 0 Å². The Morgan fingerprint density at radius 3 is 2.06 bits per heavy atom. The second-order valence-electron chi connectivity index (χ2n) is 13.3. The Morgan fingerprint density at radius 2 is 1.43 bits per heavy atom. The molecule has 0 atom stereocenters. The van der Waals surface area contributed by atoms with Crippen molar-refractivity contribution in [2.24, 2.45) is 5.92 Å². The van der Waals surface area contributed by atoms with Crippen LogP contribution in [0.4, 0.5) is 23.2 Å². The maximum Gasteiger partial charge on any atom is 0.263 e. The number of ether oxygens (including phenoxy) is 1. The summed E-state index contributed by atoms with van der Waals surface area (Å²) in [5.41, 5.74) is -0.705. The molecule has 0 spiro atoms. The number of carbonyl (C=O) groups excluding carboxylic acids is 1. The second kappa shape index (κ2) is 15.9. The molecule has 1 aromatic heterocycles. The topological polar surface area (TPSA) is 51.5 Å². The molecule has 0 aliphatic carbocycles. The van der Waals surface area contributed by atoms with Crippen LogP contribution in [0, 0.1) is 29.2 Å². The highest BCUT2D eigenvalue weighted by Crippen LogP contribution is 2.34. The Kier molecular flexibility index (Phi) is 11.9. The van der Waals surface area contributed by atoms with Crippen molar-refractivity contribution in [1.82, 2.24) is 4.57 Å². The second-order valence-corrected chi connectivity index (χ2v) is 13.3. The van der Waals surface area contributed by atoms with Gasteiger partial charge in [-0.3, -0.25) is 9.59 Å². The minimum absolute atomic E-state index is 0. The first-order valence-corrected chi connectivity index (χ1v) is 17.1. The van der Waals surface area contributed by atoms with Crippen LogP contribution >= 0.6 is 0 Å². The number of rotatable bonds is 13. The summed E-state index contributed by atoms with van der Waals surface area (Å²) < 4.78 is 65.5.